The van der Waals surface area contributed by atoms with Crippen LogP contribution in [0.2, 0.25) is 0 Å². The zero-order valence-corrected chi connectivity index (χ0v) is 12.5. The molecule has 18 heavy (non-hydrogen) atoms. The fourth-order valence-electron chi connectivity index (χ4n) is 1.19. The van der Waals surface area contributed by atoms with E-state index in [9.17, 15) is 4.57 Å². The molecule has 0 saturated heterocycles. The van der Waals surface area contributed by atoms with Gasteiger partial charge in [0.15, 0.2) is 0 Å². The van der Waals surface area contributed by atoms with Crippen LogP contribution in [0.25, 0.3) is 0 Å². The molecule has 0 aromatic heterocycles. The maximum atomic E-state index is 12.2. The van der Waals surface area contributed by atoms with Gasteiger partial charge in [0.1, 0.15) is 5.75 Å². The van der Waals surface area contributed by atoms with Crippen LogP contribution in [0, 0.1) is 5.41 Å². The smallest absolute Gasteiger partial charge is 0.376 e. The molecular weight excluding hydrogens is 249 g/mol. The first kappa shape index (κ1) is 15.1. The second-order valence-corrected chi connectivity index (χ2v) is 7.48. The summed E-state index contributed by atoms with van der Waals surface area (Å²) in [5.74, 6) is 0.496. The van der Waals surface area contributed by atoms with Crippen LogP contribution in [0.1, 0.15) is 27.7 Å². The van der Waals surface area contributed by atoms with E-state index in [1.165, 1.54) is 6.66 Å². The van der Waals surface area contributed by atoms with E-state index in [1.807, 2.05) is 27.7 Å². The highest BCUT2D eigenvalue weighted by Crippen LogP contribution is 2.47. The van der Waals surface area contributed by atoms with E-state index in [0.717, 1.165) is 0 Å². The number of anilines is 1. The molecule has 0 spiro atoms. The standard InChI is InChI=1S/C13H22NO3P/c1-10(13(2,3)4)16-18(5,15)17-12-8-6-11(14)7-9-12/h6-10H,14H2,1-5H3. The van der Waals surface area contributed by atoms with Crippen LogP contribution in [-0.2, 0) is 9.09 Å². The van der Waals surface area contributed by atoms with Crippen molar-refractivity contribution in [3.8, 4) is 5.75 Å². The van der Waals surface area contributed by atoms with Gasteiger partial charge in [-0.2, -0.15) is 0 Å². The summed E-state index contributed by atoms with van der Waals surface area (Å²) in [6.07, 6.45) is -0.165. The van der Waals surface area contributed by atoms with Crippen LogP contribution < -0.4 is 10.3 Å². The molecule has 0 aliphatic carbocycles. The van der Waals surface area contributed by atoms with E-state index in [0.29, 0.717) is 11.4 Å². The molecule has 0 amide bonds. The van der Waals surface area contributed by atoms with Crippen LogP contribution in [-0.4, -0.2) is 12.8 Å². The predicted octanol–water partition coefficient (Wildman–Crippen LogP) is 3.92. The van der Waals surface area contributed by atoms with Crippen LogP contribution in [0.4, 0.5) is 5.69 Å². The van der Waals surface area contributed by atoms with Gasteiger partial charge in [0.25, 0.3) is 0 Å². The van der Waals surface area contributed by atoms with Crippen molar-refractivity contribution in [3.05, 3.63) is 24.3 Å². The lowest BCUT2D eigenvalue weighted by Gasteiger charge is -2.29. The van der Waals surface area contributed by atoms with Crippen LogP contribution in [0.5, 0.6) is 5.75 Å². The van der Waals surface area contributed by atoms with Crippen LogP contribution in [0.15, 0.2) is 24.3 Å². The lowest BCUT2D eigenvalue weighted by atomic mass is 9.91. The minimum atomic E-state index is -3.12. The molecule has 1 aromatic carbocycles. The highest BCUT2D eigenvalue weighted by atomic mass is 31.2. The van der Waals surface area contributed by atoms with Crippen LogP contribution in [0.3, 0.4) is 0 Å². The Labute approximate surface area is 109 Å². The predicted molar refractivity (Wildman–Crippen MR) is 75.0 cm³/mol. The summed E-state index contributed by atoms with van der Waals surface area (Å²) < 4.78 is 23.2. The highest BCUT2D eigenvalue weighted by Gasteiger charge is 2.29. The number of hydrogen-bond acceptors (Lipinski definition) is 4. The first-order valence-electron chi connectivity index (χ1n) is 5.91. The summed E-state index contributed by atoms with van der Waals surface area (Å²) in [5, 5.41) is 0. The number of nitrogens with two attached hydrogens (primary N) is 1. The van der Waals surface area contributed by atoms with Crippen molar-refractivity contribution in [1.29, 1.82) is 0 Å². The Morgan fingerprint density at radius 3 is 2.17 bits per heavy atom. The van der Waals surface area contributed by atoms with Gasteiger partial charge >= 0.3 is 7.60 Å². The molecule has 2 atom stereocenters. The molecule has 0 bridgehead atoms. The summed E-state index contributed by atoms with van der Waals surface area (Å²) in [5.41, 5.74) is 6.12. The molecule has 0 saturated carbocycles. The van der Waals surface area contributed by atoms with Crippen LogP contribution >= 0.6 is 7.60 Å². The molecule has 0 radical (unpaired) electrons. The zero-order valence-electron chi connectivity index (χ0n) is 11.6. The van der Waals surface area contributed by atoms with Gasteiger partial charge in [0.05, 0.1) is 6.10 Å². The summed E-state index contributed by atoms with van der Waals surface area (Å²) in [7, 11) is -3.12. The molecule has 0 aliphatic heterocycles. The van der Waals surface area contributed by atoms with Crippen molar-refractivity contribution < 1.29 is 13.6 Å². The molecule has 0 fully saturated rings. The third-order valence-corrected chi connectivity index (χ3v) is 3.96. The molecule has 5 heteroatoms. The Balaban J connectivity index is 2.70. The summed E-state index contributed by atoms with van der Waals surface area (Å²) in [6, 6.07) is 6.75. The lowest BCUT2D eigenvalue weighted by molar-refractivity contribution is 0.0934. The van der Waals surface area contributed by atoms with Crippen molar-refractivity contribution in [1.82, 2.24) is 0 Å². The van der Waals surface area contributed by atoms with Crippen molar-refractivity contribution in [2.24, 2.45) is 5.41 Å². The number of rotatable bonds is 4. The van der Waals surface area contributed by atoms with Crippen molar-refractivity contribution in [2.45, 2.75) is 33.8 Å². The fourth-order valence-corrected chi connectivity index (χ4v) is 2.63. The first-order chi connectivity index (χ1) is 8.10. The zero-order chi connectivity index (χ0) is 14.0. The lowest BCUT2D eigenvalue weighted by Crippen LogP contribution is -2.25. The first-order valence-corrected chi connectivity index (χ1v) is 7.90. The van der Waals surface area contributed by atoms with Gasteiger partial charge in [-0.15, -0.1) is 0 Å². The molecule has 0 heterocycles. The van der Waals surface area contributed by atoms with Crippen molar-refractivity contribution in [2.75, 3.05) is 12.4 Å². The van der Waals surface area contributed by atoms with E-state index in [4.69, 9.17) is 14.8 Å². The summed E-state index contributed by atoms with van der Waals surface area (Å²) in [4.78, 5) is 0. The molecule has 0 aliphatic rings. The molecule has 1 rings (SSSR count). The van der Waals surface area contributed by atoms with Crippen molar-refractivity contribution >= 4 is 13.3 Å². The Bertz CT molecular complexity index is 437. The van der Waals surface area contributed by atoms with E-state index in [2.05, 4.69) is 0 Å². The fraction of sp³-hybridized carbons (Fsp3) is 0.538. The monoisotopic (exact) mass is 271 g/mol. The van der Waals surface area contributed by atoms with E-state index in [1.54, 1.807) is 24.3 Å². The topological polar surface area (TPSA) is 61.5 Å². The average Bonchev–Trinajstić information content (AvgIpc) is 2.19. The van der Waals surface area contributed by atoms with E-state index >= 15 is 0 Å². The average molecular weight is 271 g/mol. The van der Waals surface area contributed by atoms with Gasteiger partial charge in [-0.05, 0) is 36.6 Å². The third kappa shape index (κ3) is 4.71. The normalized spacial score (nSPS) is 16.9. The maximum Gasteiger partial charge on any atom is 0.376 e. The van der Waals surface area contributed by atoms with Gasteiger partial charge in [-0.25, -0.2) is 4.57 Å². The molecule has 2 unspecified atom stereocenters. The second kappa shape index (κ2) is 5.33. The highest BCUT2D eigenvalue weighted by molar-refractivity contribution is 7.53. The van der Waals surface area contributed by atoms with Gasteiger partial charge in [0.2, 0.25) is 0 Å². The summed E-state index contributed by atoms with van der Waals surface area (Å²) in [6.45, 7) is 9.46. The second-order valence-electron chi connectivity index (χ2n) is 5.55. The van der Waals surface area contributed by atoms with E-state index < -0.39 is 7.60 Å². The molecular formula is C13H22NO3P. The quantitative estimate of drug-likeness (QED) is 0.666. The molecule has 1 aromatic rings. The van der Waals surface area contributed by atoms with Gasteiger partial charge < -0.3 is 10.3 Å². The van der Waals surface area contributed by atoms with E-state index in [-0.39, 0.29) is 11.5 Å². The molecule has 2 N–H and O–H groups in total. The van der Waals surface area contributed by atoms with Gasteiger partial charge in [0, 0.05) is 12.4 Å². The molecule has 102 valence electrons. The van der Waals surface area contributed by atoms with Crippen molar-refractivity contribution in [3.63, 3.8) is 0 Å². The Kier molecular flexibility index (Phi) is 4.46. The number of nitrogen functional groups attached to an aromatic ring is 1. The molecule has 4 nitrogen and oxygen atoms in total. The minimum Gasteiger partial charge on any atom is -0.425 e. The SMILES string of the molecule is CC(OP(C)(=O)Oc1ccc(N)cc1)C(C)(C)C. The van der Waals surface area contributed by atoms with Gasteiger partial charge in [-0.1, -0.05) is 20.8 Å². The minimum absolute atomic E-state index is 0.0872. The number of hydrogen-bond donors (Lipinski definition) is 1. The Morgan fingerprint density at radius 1 is 1.22 bits per heavy atom. The van der Waals surface area contributed by atoms with Gasteiger partial charge in [-0.3, -0.25) is 4.52 Å². The number of benzene rings is 1. The third-order valence-electron chi connectivity index (χ3n) is 2.72. The maximum absolute atomic E-state index is 12.2. The Morgan fingerprint density at radius 2 is 1.72 bits per heavy atom. The summed E-state index contributed by atoms with van der Waals surface area (Å²) >= 11 is 0. The Hall–Kier alpha value is -0.990. The largest absolute Gasteiger partial charge is 0.425 e.